The summed E-state index contributed by atoms with van der Waals surface area (Å²) < 4.78 is 25.9. The zero-order chi connectivity index (χ0) is 18.0. The lowest BCUT2D eigenvalue weighted by atomic mass is 9.94. The molecule has 0 aromatic heterocycles. The SMILES string of the molecule is CCOP(=O)(CCC1c2ccc(Br)cc2-c2cc(Br)ccc21)OCC. The standard InChI is InChI=1S/C19H21Br2O3P/c1-3-23-25(22,24-4-2)10-9-17-15-7-5-13(20)11-18(15)19-12-14(21)6-8-16(17)19/h5-8,11-12,17H,3-4,9-10H2,1-2H3. The summed E-state index contributed by atoms with van der Waals surface area (Å²) >= 11 is 7.14. The van der Waals surface area contributed by atoms with E-state index in [1.165, 1.54) is 22.3 Å². The first-order valence-electron chi connectivity index (χ1n) is 8.45. The van der Waals surface area contributed by atoms with Gasteiger partial charge in [0.1, 0.15) is 0 Å². The van der Waals surface area contributed by atoms with E-state index in [4.69, 9.17) is 9.05 Å². The lowest BCUT2D eigenvalue weighted by Crippen LogP contribution is -2.05. The third-order valence-electron chi connectivity index (χ3n) is 4.41. The van der Waals surface area contributed by atoms with Crippen molar-refractivity contribution in [2.24, 2.45) is 0 Å². The third-order valence-corrected chi connectivity index (χ3v) is 7.51. The number of benzene rings is 2. The average molecular weight is 488 g/mol. The summed E-state index contributed by atoms with van der Waals surface area (Å²) in [5.41, 5.74) is 5.02. The topological polar surface area (TPSA) is 35.5 Å². The zero-order valence-electron chi connectivity index (χ0n) is 14.3. The quantitative estimate of drug-likeness (QED) is 0.395. The van der Waals surface area contributed by atoms with Crippen molar-refractivity contribution in [3.8, 4) is 11.1 Å². The van der Waals surface area contributed by atoms with Crippen LogP contribution < -0.4 is 0 Å². The molecule has 0 amide bonds. The molecule has 0 radical (unpaired) electrons. The lowest BCUT2D eigenvalue weighted by molar-refractivity contribution is 0.219. The van der Waals surface area contributed by atoms with E-state index in [1.807, 2.05) is 13.8 Å². The predicted molar refractivity (Wildman–Crippen MR) is 109 cm³/mol. The van der Waals surface area contributed by atoms with Gasteiger partial charge in [0.05, 0.1) is 19.4 Å². The Morgan fingerprint density at radius 1 is 0.920 bits per heavy atom. The van der Waals surface area contributed by atoms with Gasteiger partial charge < -0.3 is 9.05 Å². The van der Waals surface area contributed by atoms with Crippen molar-refractivity contribution in [2.45, 2.75) is 26.2 Å². The van der Waals surface area contributed by atoms with Crippen LogP contribution in [0.5, 0.6) is 0 Å². The molecule has 0 unspecified atom stereocenters. The van der Waals surface area contributed by atoms with Gasteiger partial charge in [0, 0.05) is 14.9 Å². The van der Waals surface area contributed by atoms with Gasteiger partial charge in [0.25, 0.3) is 0 Å². The van der Waals surface area contributed by atoms with Gasteiger partial charge in [-0.25, -0.2) is 0 Å². The summed E-state index contributed by atoms with van der Waals surface area (Å²) in [4.78, 5) is 0. The van der Waals surface area contributed by atoms with Crippen LogP contribution in [0.2, 0.25) is 0 Å². The van der Waals surface area contributed by atoms with Crippen LogP contribution in [0.15, 0.2) is 45.3 Å². The van der Waals surface area contributed by atoms with Crippen molar-refractivity contribution in [3.63, 3.8) is 0 Å². The van der Waals surface area contributed by atoms with Crippen LogP contribution in [-0.4, -0.2) is 19.4 Å². The summed E-state index contributed by atoms with van der Waals surface area (Å²) in [6.45, 7) is 4.49. The molecule has 0 heterocycles. The van der Waals surface area contributed by atoms with Gasteiger partial charge in [-0.1, -0.05) is 44.0 Å². The van der Waals surface area contributed by atoms with E-state index in [0.29, 0.717) is 19.4 Å². The number of hydrogen-bond acceptors (Lipinski definition) is 3. The summed E-state index contributed by atoms with van der Waals surface area (Å²) in [7, 11) is -3.03. The Morgan fingerprint density at radius 2 is 1.40 bits per heavy atom. The van der Waals surface area contributed by atoms with Gasteiger partial charge in [-0.3, -0.25) is 4.57 Å². The van der Waals surface area contributed by atoms with Crippen LogP contribution in [-0.2, 0) is 13.6 Å². The fourth-order valence-electron chi connectivity index (χ4n) is 3.46. The molecular weight excluding hydrogens is 467 g/mol. The molecule has 0 bridgehead atoms. The fraction of sp³-hybridized carbons (Fsp3) is 0.368. The second-order valence-electron chi connectivity index (χ2n) is 5.97. The molecular formula is C19H21Br2O3P. The molecule has 0 fully saturated rings. The minimum atomic E-state index is -3.03. The molecule has 1 aliphatic carbocycles. The first kappa shape index (κ1) is 19.3. The van der Waals surface area contributed by atoms with Gasteiger partial charge in [0.15, 0.2) is 0 Å². The maximum atomic E-state index is 12.8. The molecule has 6 heteroatoms. The van der Waals surface area contributed by atoms with E-state index in [9.17, 15) is 4.57 Å². The lowest BCUT2D eigenvalue weighted by Gasteiger charge is -2.20. The van der Waals surface area contributed by atoms with Gasteiger partial charge in [-0.2, -0.15) is 0 Å². The average Bonchev–Trinajstić information content (AvgIpc) is 2.86. The van der Waals surface area contributed by atoms with Crippen molar-refractivity contribution < 1.29 is 13.6 Å². The highest BCUT2D eigenvalue weighted by Crippen LogP contribution is 2.53. The highest BCUT2D eigenvalue weighted by molar-refractivity contribution is 9.10. The maximum Gasteiger partial charge on any atom is 0.330 e. The Bertz CT molecular complexity index is 761. The van der Waals surface area contributed by atoms with Crippen LogP contribution in [0, 0.1) is 0 Å². The minimum absolute atomic E-state index is 0.209. The fourth-order valence-corrected chi connectivity index (χ4v) is 5.87. The van der Waals surface area contributed by atoms with Crippen LogP contribution >= 0.6 is 39.5 Å². The number of hydrogen-bond donors (Lipinski definition) is 0. The Balaban J connectivity index is 1.93. The van der Waals surface area contributed by atoms with Gasteiger partial charge >= 0.3 is 7.60 Å². The van der Waals surface area contributed by atoms with Gasteiger partial charge in [-0.15, -0.1) is 0 Å². The summed E-state index contributed by atoms with van der Waals surface area (Å²) in [5, 5.41) is 0. The Labute approximate surface area is 165 Å². The van der Waals surface area contributed by atoms with Gasteiger partial charge in [0.2, 0.25) is 0 Å². The largest absolute Gasteiger partial charge is 0.330 e. The van der Waals surface area contributed by atoms with E-state index >= 15 is 0 Å². The molecule has 0 saturated carbocycles. The molecule has 0 atom stereocenters. The van der Waals surface area contributed by atoms with Crippen molar-refractivity contribution >= 4 is 39.5 Å². The highest BCUT2D eigenvalue weighted by atomic mass is 79.9. The number of fused-ring (bicyclic) bond motifs is 3. The second kappa shape index (κ2) is 8.06. The van der Waals surface area contributed by atoms with Crippen molar-refractivity contribution in [1.82, 2.24) is 0 Å². The maximum absolute atomic E-state index is 12.8. The smallest absolute Gasteiger partial charge is 0.309 e. The van der Waals surface area contributed by atoms with Gasteiger partial charge in [-0.05, 0) is 66.8 Å². The molecule has 25 heavy (non-hydrogen) atoms. The van der Waals surface area contributed by atoms with Crippen molar-refractivity contribution in [1.29, 1.82) is 0 Å². The molecule has 1 aliphatic rings. The Morgan fingerprint density at radius 3 is 1.84 bits per heavy atom. The first-order valence-corrected chi connectivity index (χ1v) is 11.8. The molecule has 3 nitrogen and oxygen atoms in total. The van der Waals surface area contributed by atoms with E-state index < -0.39 is 7.60 Å². The molecule has 0 spiro atoms. The molecule has 2 aromatic carbocycles. The summed E-state index contributed by atoms with van der Waals surface area (Å²) in [6.07, 6.45) is 1.16. The molecule has 0 N–H and O–H groups in total. The van der Waals surface area contributed by atoms with Crippen LogP contribution in [0.3, 0.4) is 0 Å². The minimum Gasteiger partial charge on any atom is -0.309 e. The number of halogens is 2. The Hall–Kier alpha value is -0.450. The van der Waals surface area contributed by atoms with E-state index in [1.54, 1.807) is 0 Å². The van der Waals surface area contributed by atoms with E-state index in [-0.39, 0.29) is 5.92 Å². The predicted octanol–water partition coefficient (Wildman–Crippen LogP) is 6.98. The Kier molecular flexibility index (Phi) is 6.23. The molecule has 3 rings (SSSR count). The van der Waals surface area contributed by atoms with Crippen molar-refractivity contribution in [3.05, 3.63) is 56.5 Å². The highest BCUT2D eigenvalue weighted by Gasteiger charge is 2.32. The first-order chi connectivity index (χ1) is 12.0. The second-order valence-corrected chi connectivity index (χ2v) is 9.99. The van der Waals surface area contributed by atoms with Crippen LogP contribution in [0.25, 0.3) is 11.1 Å². The summed E-state index contributed by atoms with van der Waals surface area (Å²) in [6, 6.07) is 12.8. The molecule has 134 valence electrons. The molecule has 0 saturated heterocycles. The zero-order valence-corrected chi connectivity index (χ0v) is 18.4. The number of rotatable bonds is 7. The normalized spacial score (nSPS) is 13.8. The van der Waals surface area contributed by atoms with Crippen molar-refractivity contribution in [2.75, 3.05) is 19.4 Å². The van der Waals surface area contributed by atoms with Crippen LogP contribution in [0.4, 0.5) is 0 Å². The van der Waals surface area contributed by atoms with E-state index in [0.717, 1.165) is 15.4 Å². The molecule has 2 aromatic rings. The van der Waals surface area contributed by atoms with Crippen LogP contribution in [0.1, 0.15) is 37.3 Å². The summed E-state index contributed by atoms with van der Waals surface area (Å²) in [5.74, 6) is 0.209. The molecule has 0 aliphatic heterocycles. The monoisotopic (exact) mass is 486 g/mol. The van der Waals surface area contributed by atoms with E-state index in [2.05, 4.69) is 68.3 Å². The third kappa shape index (κ3) is 4.12.